The van der Waals surface area contributed by atoms with Crippen LogP contribution >= 0.6 is 0 Å². The molecule has 16 heavy (non-hydrogen) atoms. The van der Waals surface area contributed by atoms with E-state index in [9.17, 15) is 9.90 Å². The second-order valence-corrected chi connectivity index (χ2v) is 3.72. The fourth-order valence-corrected chi connectivity index (χ4v) is 1.18. The smallest absolute Gasteiger partial charge is 0.323 e. The molecule has 6 heteroatoms. The van der Waals surface area contributed by atoms with Gasteiger partial charge in [-0.15, -0.1) is 0 Å². The van der Waals surface area contributed by atoms with E-state index in [4.69, 9.17) is 15.9 Å². The van der Waals surface area contributed by atoms with Crippen LogP contribution < -0.4 is 5.73 Å². The third-order valence-corrected chi connectivity index (χ3v) is 2.10. The molecular weight excluding hydrogens is 214 g/mol. The highest BCUT2D eigenvalue weighted by Crippen LogP contribution is 2.26. The molecule has 1 rings (SSSR count). The molecule has 1 aromatic rings. The van der Waals surface area contributed by atoms with Gasteiger partial charge in [0, 0.05) is 6.42 Å². The van der Waals surface area contributed by atoms with E-state index in [2.05, 4.69) is 0 Å². The molecule has 1 unspecified atom stereocenters. The number of phenolic OH excluding ortho intramolecular Hbond substituents is 2. The molecule has 0 bridgehead atoms. The Morgan fingerprint density at radius 2 is 1.94 bits per heavy atom. The zero-order chi connectivity index (χ0) is 11.6. The first kappa shape index (κ1) is 14.2. The topological polar surface area (TPSA) is 135 Å². The first-order chi connectivity index (χ1) is 6.83. The maximum Gasteiger partial charge on any atom is 0.323 e. The SMILES string of the molecule is CC(N)(Cc1ccc(O)c(O)c1)C(=O)O.O. The minimum absolute atomic E-state index is 0. The number of benzene rings is 1. The Kier molecular flexibility index (Phi) is 4.28. The van der Waals surface area contributed by atoms with Crippen LogP contribution in [0.4, 0.5) is 0 Å². The van der Waals surface area contributed by atoms with E-state index in [0.29, 0.717) is 5.56 Å². The van der Waals surface area contributed by atoms with Crippen molar-refractivity contribution in [3.63, 3.8) is 0 Å². The monoisotopic (exact) mass is 229 g/mol. The van der Waals surface area contributed by atoms with Crippen molar-refractivity contribution in [3.8, 4) is 11.5 Å². The van der Waals surface area contributed by atoms with Crippen LogP contribution in [-0.2, 0) is 11.2 Å². The molecule has 0 aliphatic carbocycles. The molecule has 0 aliphatic heterocycles. The minimum Gasteiger partial charge on any atom is -0.504 e. The van der Waals surface area contributed by atoms with Gasteiger partial charge in [0.2, 0.25) is 0 Å². The molecule has 0 saturated heterocycles. The van der Waals surface area contributed by atoms with Gasteiger partial charge < -0.3 is 26.5 Å². The summed E-state index contributed by atoms with van der Waals surface area (Å²) in [7, 11) is 0. The number of nitrogens with two attached hydrogens (primary N) is 1. The standard InChI is InChI=1S/C10H13NO4.H2O/c1-10(11,9(14)15)5-6-2-3-7(12)8(13)4-6;/h2-4,12-13H,5,11H2,1H3,(H,14,15);1H2. The molecule has 1 atom stereocenters. The van der Waals surface area contributed by atoms with Crippen molar-refractivity contribution in [2.45, 2.75) is 18.9 Å². The van der Waals surface area contributed by atoms with E-state index in [0.717, 1.165) is 0 Å². The van der Waals surface area contributed by atoms with Gasteiger partial charge in [0.1, 0.15) is 5.54 Å². The fourth-order valence-electron chi connectivity index (χ4n) is 1.18. The van der Waals surface area contributed by atoms with Crippen LogP contribution in [0.3, 0.4) is 0 Å². The van der Waals surface area contributed by atoms with Crippen LogP contribution in [0.1, 0.15) is 12.5 Å². The van der Waals surface area contributed by atoms with E-state index in [1.54, 1.807) is 0 Å². The van der Waals surface area contributed by atoms with Gasteiger partial charge in [-0.25, -0.2) is 0 Å². The number of carbonyl (C=O) groups is 1. The Bertz CT molecular complexity index is 389. The molecular formula is C10H15NO5. The Hall–Kier alpha value is -1.79. The van der Waals surface area contributed by atoms with E-state index in [1.165, 1.54) is 25.1 Å². The number of phenols is 2. The van der Waals surface area contributed by atoms with Crippen molar-refractivity contribution in [2.24, 2.45) is 5.73 Å². The van der Waals surface area contributed by atoms with Crippen LogP contribution in [0, 0.1) is 0 Å². The first-order valence-corrected chi connectivity index (χ1v) is 4.36. The highest BCUT2D eigenvalue weighted by molar-refractivity contribution is 5.78. The summed E-state index contributed by atoms with van der Waals surface area (Å²) in [5.41, 5.74) is 4.70. The number of carboxylic acids is 1. The number of aromatic hydroxyl groups is 2. The second kappa shape index (κ2) is 4.82. The predicted octanol–water partition coefficient (Wildman–Crippen LogP) is -0.382. The molecule has 0 fully saturated rings. The maximum atomic E-state index is 10.7. The van der Waals surface area contributed by atoms with Crippen molar-refractivity contribution in [3.05, 3.63) is 23.8 Å². The lowest BCUT2D eigenvalue weighted by molar-refractivity contribution is -0.142. The largest absolute Gasteiger partial charge is 0.504 e. The normalized spacial score (nSPS) is 13.6. The number of aliphatic carboxylic acids is 1. The van der Waals surface area contributed by atoms with Gasteiger partial charge in [0.05, 0.1) is 0 Å². The van der Waals surface area contributed by atoms with Crippen molar-refractivity contribution in [1.29, 1.82) is 0 Å². The molecule has 0 radical (unpaired) electrons. The second-order valence-electron chi connectivity index (χ2n) is 3.72. The van der Waals surface area contributed by atoms with Crippen LogP contribution in [0.2, 0.25) is 0 Å². The summed E-state index contributed by atoms with van der Waals surface area (Å²) in [6.07, 6.45) is 0.0795. The van der Waals surface area contributed by atoms with Gasteiger partial charge in [-0.05, 0) is 24.6 Å². The van der Waals surface area contributed by atoms with Crippen molar-refractivity contribution >= 4 is 5.97 Å². The lowest BCUT2D eigenvalue weighted by atomic mass is 9.94. The zero-order valence-electron chi connectivity index (χ0n) is 8.77. The number of hydrogen-bond acceptors (Lipinski definition) is 4. The highest BCUT2D eigenvalue weighted by Gasteiger charge is 2.28. The van der Waals surface area contributed by atoms with Gasteiger partial charge in [0.15, 0.2) is 11.5 Å². The molecule has 1 aromatic carbocycles. The molecule has 0 amide bonds. The van der Waals surface area contributed by atoms with E-state index in [1.807, 2.05) is 0 Å². The van der Waals surface area contributed by atoms with Gasteiger partial charge in [-0.3, -0.25) is 4.79 Å². The molecule has 6 nitrogen and oxygen atoms in total. The lowest BCUT2D eigenvalue weighted by Gasteiger charge is -2.19. The molecule has 0 aliphatic rings. The predicted molar refractivity (Wildman–Crippen MR) is 57.3 cm³/mol. The summed E-state index contributed by atoms with van der Waals surface area (Å²) < 4.78 is 0. The summed E-state index contributed by atoms with van der Waals surface area (Å²) in [6.45, 7) is 1.39. The average Bonchev–Trinajstić information content (AvgIpc) is 2.10. The minimum atomic E-state index is -1.39. The summed E-state index contributed by atoms with van der Waals surface area (Å²) in [5, 5.41) is 27.0. The Morgan fingerprint density at radius 3 is 2.38 bits per heavy atom. The number of hydrogen-bond donors (Lipinski definition) is 4. The summed E-state index contributed by atoms with van der Waals surface area (Å²) in [4.78, 5) is 10.7. The van der Waals surface area contributed by atoms with Crippen molar-refractivity contribution in [2.75, 3.05) is 0 Å². The van der Waals surface area contributed by atoms with Crippen molar-refractivity contribution < 1.29 is 25.6 Å². The van der Waals surface area contributed by atoms with Crippen molar-refractivity contribution in [1.82, 2.24) is 0 Å². The third-order valence-electron chi connectivity index (χ3n) is 2.10. The maximum absolute atomic E-state index is 10.7. The highest BCUT2D eigenvalue weighted by atomic mass is 16.4. The van der Waals surface area contributed by atoms with Gasteiger partial charge in [-0.2, -0.15) is 0 Å². The third kappa shape index (κ3) is 3.11. The Balaban J connectivity index is 0.00000225. The van der Waals surface area contributed by atoms with E-state index >= 15 is 0 Å². The van der Waals surface area contributed by atoms with Crippen LogP contribution in [-0.4, -0.2) is 32.3 Å². The van der Waals surface area contributed by atoms with E-state index < -0.39 is 11.5 Å². The molecule has 0 heterocycles. The number of carboxylic acid groups (broad SMARTS) is 1. The lowest BCUT2D eigenvalue weighted by Crippen LogP contribution is -2.46. The van der Waals surface area contributed by atoms with E-state index in [-0.39, 0.29) is 23.4 Å². The summed E-state index contributed by atoms with van der Waals surface area (Å²) >= 11 is 0. The average molecular weight is 229 g/mol. The van der Waals surface area contributed by atoms with Gasteiger partial charge in [-0.1, -0.05) is 6.07 Å². The molecule has 0 aromatic heterocycles. The van der Waals surface area contributed by atoms with Gasteiger partial charge in [0.25, 0.3) is 0 Å². The molecule has 90 valence electrons. The summed E-state index contributed by atoms with van der Waals surface area (Å²) in [6, 6.07) is 4.11. The van der Waals surface area contributed by atoms with Crippen LogP contribution in [0.25, 0.3) is 0 Å². The van der Waals surface area contributed by atoms with Crippen LogP contribution in [0.5, 0.6) is 11.5 Å². The Morgan fingerprint density at radius 1 is 1.38 bits per heavy atom. The first-order valence-electron chi connectivity index (χ1n) is 4.36. The van der Waals surface area contributed by atoms with Gasteiger partial charge >= 0.3 is 5.97 Å². The molecule has 0 saturated carbocycles. The Labute approximate surface area is 92.3 Å². The van der Waals surface area contributed by atoms with Crippen LogP contribution in [0.15, 0.2) is 18.2 Å². The fraction of sp³-hybridized carbons (Fsp3) is 0.300. The number of rotatable bonds is 3. The zero-order valence-corrected chi connectivity index (χ0v) is 8.77. The molecule has 7 N–H and O–H groups in total. The summed E-state index contributed by atoms with van der Waals surface area (Å²) in [5.74, 6) is -1.64. The molecule has 0 spiro atoms. The quantitative estimate of drug-likeness (QED) is 0.524.